The minimum atomic E-state index is -1.13. The topological polar surface area (TPSA) is 183 Å². The average molecular weight is 984 g/mol. The number of imidazole rings is 2. The number of aromatic nitrogens is 4. The number of benzene rings is 3. The summed E-state index contributed by atoms with van der Waals surface area (Å²) in [6.07, 6.45) is 6.33. The standard InChI is InChI=1S/C51H64Cl2N10O6/c1-28(2)43(58-50(66)69-6)48(64)61-22-10-12-41(61)46-54-35-16-14-30(24-37(35)56-46)39-18-19-40(63(39)32-26-33(52)45(34(53)27-32)60-20-8-7-9-21-60)31-15-17-36-38(25-31)57-47(55-36)42-13-11-23-62(42)49(65)44(29(3)4)59(5)51(67)68/h14-17,24-29,39-44H,7-13,18-23H2,1-6H3,(H,54,56)(H,55,57)(H,58,66)(H,67,68)/t39-,40-,41+,42+,43+,44+/m1/s1. The fraction of sp³-hybridized carbons (Fsp3) is 0.529. The molecule has 16 nitrogen and oxygen atoms in total. The highest BCUT2D eigenvalue weighted by Gasteiger charge is 2.42. The van der Waals surface area contributed by atoms with Gasteiger partial charge in [-0.2, -0.15) is 0 Å². The van der Waals surface area contributed by atoms with Crippen LogP contribution in [-0.2, 0) is 14.3 Å². The highest BCUT2D eigenvalue weighted by atomic mass is 35.5. The summed E-state index contributed by atoms with van der Waals surface area (Å²) in [5, 5.41) is 13.8. The van der Waals surface area contributed by atoms with Gasteiger partial charge in [-0.15, -0.1) is 0 Å². The molecule has 6 atom stereocenters. The fourth-order valence-electron chi connectivity index (χ4n) is 11.5. The summed E-state index contributed by atoms with van der Waals surface area (Å²) in [6.45, 7) is 10.5. The molecule has 0 radical (unpaired) electrons. The number of carbonyl (C=O) groups is 4. The number of H-pyrrole nitrogens is 2. The largest absolute Gasteiger partial charge is 0.465 e. The number of rotatable bonds is 12. The van der Waals surface area contributed by atoms with Gasteiger partial charge in [0.1, 0.15) is 23.7 Å². The number of piperidine rings is 1. The van der Waals surface area contributed by atoms with Crippen molar-refractivity contribution in [1.29, 1.82) is 0 Å². The molecule has 18 heteroatoms. The Morgan fingerprint density at radius 3 is 1.71 bits per heavy atom. The van der Waals surface area contributed by atoms with E-state index in [9.17, 15) is 24.3 Å². The molecule has 4 fully saturated rings. The van der Waals surface area contributed by atoms with E-state index >= 15 is 0 Å². The van der Waals surface area contributed by atoms with Crippen LogP contribution in [0, 0.1) is 11.8 Å². The van der Waals surface area contributed by atoms with Crippen LogP contribution in [0.4, 0.5) is 21.0 Å². The van der Waals surface area contributed by atoms with Crippen molar-refractivity contribution in [2.45, 2.75) is 122 Å². The number of hydrogen-bond acceptors (Lipinski definition) is 9. The first-order chi connectivity index (χ1) is 33.1. The number of ether oxygens (including phenoxy) is 1. The zero-order valence-corrected chi connectivity index (χ0v) is 41.8. The van der Waals surface area contributed by atoms with E-state index in [1.807, 2.05) is 32.6 Å². The minimum absolute atomic E-state index is 0.0744. The van der Waals surface area contributed by atoms with Crippen molar-refractivity contribution >= 4 is 80.6 Å². The van der Waals surface area contributed by atoms with Crippen LogP contribution in [-0.4, -0.2) is 116 Å². The second-order valence-electron chi connectivity index (χ2n) is 19.9. The van der Waals surface area contributed by atoms with Crippen molar-refractivity contribution in [3.63, 3.8) is 0 Å². The molecule has 4 N–H and O–H groups in total. The maximum Gasteiger partial charge on any atom is 0.407 e. The number of nitrogens with zero attached hydrogens (tertiary/aromatic N) is 7. The van der Waals surface area contributed by atoms with Gasteiger partial charge in [0.15, 0.2) is 0 Å². The molecule has 9 rings (SSSR count). The molecular weight excluding hydrogens is 920 g/mol. The third-order valence-electron chi connectivity index (χ3n) is 14.9. The molecule has 0 saturated carbocycles. The van der Waals surface area contributed by atoms with Crippen LogP contribution in [0.15, 0.2) is 48.5 Å². The van der Waals surface area contributed by atoms with Gasteiger partial charge in [0, 0.05) is 38.9 Å². The Balaban J connectivity index is 1.04. The van der Waals surface area contributed by atoms with Gasteiger partial charge in [0.2, 0.25) is 11.8 Å². The lowest BCUT2D eigenvalue weighted by Gasteiger charge is -2.35. The summed E-state index contributed by atoms with van der Waals surface area (Å²) in [5.74, 6) is 0.692. The molecular formula is C51H64Cl2N10O6. The smallest absolute Gasteiger partial charge is 0.407 e. The van der Waals surface area contributed by atoms with E-state index in [1.165, 1.54) is 20.6 Å². The van der Waals surface area contributed by atoms with Crippen molar-refractivity contribution in [3.8, 4) is 0 Å². The fourth-order valence-corrected chi connectivity index (χ4v) is 12.2. The predicted octanol–water partition coefficient (Wildman–Crippen LogP) is 10.2. The molecule has 0 unspecified atom stereocenters. The molecule has 4 aliphatic heterocycles. The number of anilines is 2. The third kappa shape index (κ3) is 9.38. The van der Waals surface area contributed by atoms with Crippen molar-refractivity contribution in [3.05, 3.63) is 81.4 Å². The van der Waals surface area contributed by atoms with E-state index in [2.05, 4.69) is 73.6 Å². The lowest BCUT2D eigenvalue weighted by molar-refractivity contribution is -0.138. The first-order valence-electron chi connectivity index (χ1n) is 24.6. The number of methoxy groups -OCH3 is 1. The van der Waals surface area contributed by atoms with E-state index in [4.69, 9.17) is 37.9 Å². The number of aromatic amines is 2. The Kier molecular flexibility index (Phi) is 14.0. The van der Waals surface area contributed by atoms with E-state index in [0.717, 1.165) is 114 Å². The van der Waals surface area contributed by atoms with Crippen molar-refractivity contribution in [1.82, 2.24) is 40.0 Å². The van der Waals surface area contributed by atoms with Crippen LogP contribution in [0.3, 0.4) is 0 Å². The second kappa shape index (κ2) is 19.9. The van der Waals surface area contributed by atoms with Gasteiger partial charge < -0.3 is 44.7 Å². The number of nitrogens with one attached hydrogen (secondary N) is 3. The SMILES string of the molecule is COC(=O)N[C@H](C(=O)N1CCC[C@H]1c1nc2cc([C@H]3CC[C@H](c4ccc5[nH]c([C@@H]6CCCN6C(=O)[C@H](C(C)C)N(C)C(=O)O)nc5c4)N3c3cc(Cl)c(N4CCCCC4)c(Cl)c3)ccc2[nH]1)C(C)C. The zero-order chi connectivity index (χ0) is 48.8. The van der Waals surface area contributed by atoms with E-state index in [1.54, 1.807) is 4.90 Å². The Hall–Kier alpha value is -5.74. The van der Waals surface area contributed by atoms with Gasteiger partial charge in [-0.3, -0.25) is 14.5 Å². The number of fused-ring (bicyclic) bond motifs is 2. The van der Waals surface area contributed by atoms with Gasteiger partial charge >= 0.3 is 12.2 Å². The molecule has 3 aromatic carbocycles. The van der Waals surface area contributed by atoms with Gasteiger partial charge in [0.05, 0.1) is 69.1 Å². The summed E-state index contributed by atoms with van der Waals surface area (Å²) >= 11 is 14.5. The van der Waals surface area contributed by atoms with Gasteiger partial charge in [-0.05, 0) is 117 Å². The first kappa shape index (κ1) is 48.3. The van der Waals surface area contributed by atoms with Gasteiger partial charge in [0.25, 0.3) is 0 Å². The average Bonchev–Trinajstić information content (AvgIpc) is 4.19. The lowest BCUT2D eigenvalue weighted by Crippen LogP contribution is -2.51. The number of halogens is 2. The maximum atomic E-state index is 14.0. The number of likely N-dealkylation sites (tertiary alicyclic amines) is 2. The normalized spacial score (nSPS) is 21.8. The molecule has 2 aromatic heterocycles. The Morgan fingerprint density at radius 1 is 0.710 bits per heavy atom. The zero-order valence-electron chi connectivity index (χ0n) is 40.3. The van der Waals surface area contributed by atoms with Crippen molar-refractivity contribution < 1.29 is 29.0 Å². The lowest BCUT2D eigenvalue weighted by atomic mass is 10.0. The molecule has 4 amide bonds. The summed E-state index contributed by atoms with van der Waals surface area (Å²) in [7, 11) is 2.75. The Labute approximate surface area is 413 Å². The first-order valence-corrected chi connectivity index (χ1v) is 25.3. The van der Waals surface area contributed by atoms with Crippen LogP contribution in [0.25, 0.3) is 22.1 Å². The molecule has 0 aliphatic carbocycles. The molecule has 6 heterocycles. The predicted molar refractivity (Wildman–Crippen MR) is 268 cm³/mol. The van der Waals surface area contributed by atoms with Crippen LogP contribution >= 0.6 is 23.2 Å². The molecule has 5 aromatic rings. The number of amides is 4. The number of carbonyl (C=O) groups excluding carboxylic acids is 3. The monoisotopic (exact) mass is 982 g/mol. The van der Waals surface area contributed by atoms with E-state index in [-0.39, 0.29) is 47.8 Å². The summed E-state index contributed by atoms with van der Waals surface area (Å²) < 4.78 is 4.84. The Bertz CT molecular complexity index is 2710. The van der Waals surface area contributed by atoms with Crippen LogP contribution in [0.1, 0.15) is 132 Å². The van der Waals surface area contributed by atoms with Crippen LogP contribution in [0.5, 0.6) is 0 Å². The molecule has 69 heavy (non-hydrogen) atoms. The highest BCUT2D eigenvalue weighted by Crippen LogP contribution is 2.50. The Morgan fingerprint density at radius 2 is 1.23 bits per heavy atom. The van der Waals surface area contributed by atoms with Gasteiger partial charge in [-0.25, -0.2) is 19.6 Å². The molecule has 4 saturated heterocycles. The molecule has 0 bridgehead atoms. The van der Waals surface area contributed by atoms with E-state index < -0.39 is 24.3 Å². The number of alkyl carbamates (subject to hydrolysis) is 1. The number of hydrogen-bond donors (Lipinski definition) is 4. The maximum absolute atomic E-state index is 14.0. The highest BCUT2D eigenvalue weighted by molar-refractivity contribution is 6.39. The van der Waals surface area contributed by atoms with E-state index in [0.29, 0.717) is 34.8 Å². The summed E-state index contributed by atoms with van der Waals surface area (Å²) in [6, 6.07) is 14.6. The van der Waals surface area contributed by atoms with Crippen molar-refractivity contribution in [2.24, 2.45) is 11.8 Å². The van der Waals surface area contributed by atoms with Crippen LogP contribution in [0.2, 0.25) is 10.0 Å². The quantitative estimate of drug-likeness (QED) is 0.0939. The number of likely N-dealkylation sites (N-methyl/N-ethyl adjacent to an activating group) is 1. The second-order valence-corrected chi connectivity index (χ2v) is 20.8. The molecule has 4 aliphatic rings. The number of carboxylic acid groups (broad SMARTS) is 1. The molecule has 368 valence electrons. The molecule has 0 spiro atoms. The summed E-state index contributed by atoms with van der Waals surface area (Å²) in [5.41, 5.74) is 7.26. The third-order valence-corrected chi connectivity index (χ3v) is 15.5. The summed E-state index contributed by atoms with van der Waals surface area (Å²) in [4.78, 5) is 78.9. The van der Waals surface area contributed by atoms with Crippen molar-refractivity contribution in [2.75, 3.05) is 50.1 Å². The van der Waals surface area contributed by atoms with Gasteiger partial charge in [-0.1, -0.05) is 63.0 Å². The van der Waals surface area contributed by atoms with Crippen LogP contribution < -0.4 is 15.1 Å². The minimum Gasteiger partial charge on any atom is -0.465 e.